The number of carbonyl (C=O) groups excluding carboxylic acids is 2. The average Bonchev–Trinajstić information content (AvgIpc) is 3.62. The molecule has 1 amide bonds. The quantitative estimate of drug-likeness (QED) is 0.315. The monoisotopic (exact) mass is 550 g/mol. The lowest BCUT2D eigenvalue weighted by Gasteiger charge is -2.14. The van der Waals surface area contributed by atoms with Crippen molar-refractivity contribution in [1.82, 2.24) is 20.2 Å². The van der Waals surface area contributed by atoms with Gasteiger partial charge in [0.05, 0.1) is 27.1 Å². The third-order valence-corrected chi connectivity index (χ3v) is 9.43. The van der Waals surface area contributed by atoms with E-state index in [2.05, 4.69) is 47.4 Å². The van der Waals surface area contributed by atoms with Crippen LogP contribution < -0.4 is 16.8 Å². The van der Waals surface area contributed by atoms with Crippen LogP contribution in [-0.2, 0) is 16.0 Å². The molecule has 210 valence electrons. The van der Waals surface area contributed by atoms with Gasteiger partial charge in [0.15, 0.2) is 0 Å². The van der Waals surface area contributed by atoms with Gasteiger partial charge in [-0.2, -0.15) is 0 Å². The fourth-order valence-electron chi connectivity index (χ4n) is 6.05. The van der Waals surface area contributed by atoms with Crippen LogP contribution in [-0.4, -0.2) is 54.2 Å². The predicted octanol–water partition coefficient (Wildman–Crippen LogP) is 4.60. The molecule has 1 aliphatic carbocycles. The van der Waals surface area contributed by atoms with Gasteiger partial charge in [-0.3, -0.25) is 4.79 Å². The Morgan fingerprint density at radius 2 is 1.90 bits per heavy atom. The molecule has 3 unspecified atom stereocenters. The Morgan fingerprint density at radius 1 is 1.15 bits per heavy atom. The highest BCUT2D eigenvalue weighted by molar-refractivity contribution is 7.18. The second-order valence-corrected chi connectivity index (χ2v) is 12.4. The lowest BCUT2D eigenvalue weighted by molar-refractivity contribution is -0.110. The minimum absolute atomic E-state index is 0.107. The van der Waals surface area contributed by atoms with E-state index in [0.29, 0.717) is 29.9 Å². The molecule has 8 nitrogen and oxygen atoms in total. The van der Waals surface area contributed by atoms with E-state index in [1.807, 2.05) is 24.3 Å². The number of likely N-dealkylation sites (tertiary alicyclic amines) is 1. The van der Waals surface area contributed by atoms with Crippen molar-refractivity contribution in [3.05, 3.63) is 46.6 Å². The van der Waals surface area contributed by atoms with Crippen LogP contribution >= 0.6 is 11.3 Å². The number of benzene rings is 1. The molecular formula is C30H42N6O2S. The molecule has 0 spiro atoms. The summed E-state index contributed by atoms with van der Waals surface area (Å²) in [7, 11) is 2.23. The number of carbonyl (C=O) groups is 2. The molecule has 1 saturated heterocycles. The molecule has 2 aliphatic rings. The average molecular weight is 551 g/mol. The minimum atomic E-state index is -0.107. The van der Waals surface area contributed by atoms with Gasteiger partial charge in [-0.1, -0.05) is 19.9 Å². The van der Waals surface area contributed by atoms with E-state index in [-0.39, 0.29) is 5.92 Å². The summed E-state index contributed by atoms with van der Waals surface area (Å²) < 4.78 is 1.23. The smallest absolute Gasteiger partial charge is 0.207 e. The number of anilines is 2. The number of rotatable bonds is 10. The number of nitrogens with two attached hydrogens (primary N) is 2. The highest BCUT2D eigenvalue weighted by atomic mass is 32.1. The number of hydrogen-bond acceptors (Lipinski definition) is 8. The van der Waals surface area contributed by atoms with Crippen molar-refractivity contribution in [1.29, 1.82) is 0 Å². The summed E-state index contributed by atoms with van der Waals surface area (Å²) in [5, 5.41) is 4.00. The number of aryl methyl sites for hydroxylation is 1. The van der Waals surface area contributed by atoms with Crippen LogP contribution in [0.15, 0.2) is 30.5 Å². The van der Waals surface area contributed by atoms with Crippen molar-refractivity contribution in [2.24, 2.45) is 17.8 Å². The molecule has 9 heteroatoms. The van der Waals surface area contributed by atoms with E-state index in [1.54, 1.807) is 6.20 Å². The van der Waals surface area contributed by atoms with Gasteiger partial charge in [-0.15, -0.1) is 11.3 Å². The fourth-order valence-corrected chi connectivity index (χ4v) is 7.13. The van der Waals surface area contributed by atoms with Gasteiger partial charge in [0.1, 0.15) is 12.1 Å². The standard InChI is InChI=1S/C23H31N3O2S.C7H11N3/c1-15(10-24-14-28)3-4-17(13-27)16-5-6-22-21(9-16)25-23(29-22)18-7-19-11-26(2)12-20(19)8-18;1-2-5-3-6(8)4-10-7(5)9/h5-6,9,13-15,17-20H,3-4,7-8,10-12H2,1-2H3,(H,24,28);3-4H,2,8H2,1H3,(H2,9,10)/t15?,17-,18?,19?,20?;/m0./s1. The number of aromatic nitrogens is 2. The van der Waals surface area contributed by atoms with Crippen LogP contribution in [0.25, 0.3) is 10.2 Å². The number of thiazole rings is 1. The highest BCUT2D eigenvalue weighted by Crippen LogP contribution is 2.47. The molecule has 3 aromatic rings. The number of fused-ring (bicyclic) bond motifs is 2. The zero-order valence-corrected chi connectivity index (χ0v) is 24.1. The predicted molar refractivity (Wildman–Crippen MR) is 160 cm³/mol. The third-order valence-electron chi connectivity index (χ3n) is 8.23. The van der Waals surface area contributed by atoms with Gasteiger partial charge in [0.25, 0.3) is 0 Å². The summed E-state index contributed by atoms with van der Waals surface area (Å²) in [6, 6.07) is 8.20. The normalized spacial score (nSPS) is 22.1. The van der Waals surface area contributed by atoms with Gasteiger partial charge < -0.3 is 26.5 Å². The van der Waals surface area contributed by atoms with Gasteiger partial charge in [-0.05, 0) is 86.2 Å². The Hall–Kier alpha value is -3.04. The van der Waals surface area contributed by atoms with Crippen LogP contribution in [0.4, 0.5) is 11.5 Å². The molecule has 3 heterocycles. The molecule has 5 N–H and O–H groups in total. The van der Waals surface area contributed by atoms with Crippen LogP contribution in [0.1, 0.15) is 67.5 Å². The molecule has 5 rings (SSSR count). The highest BCUT2D eigenvalue weighted by Gasteiger charge is 2.41. The van der Waals surface area contributed by atoms with Crippen molar-refractivity contribution in [3.63, 3.8) is 0 Å². The number of pyridine rings is 1. The summed E-state index contributed by atoms with van der Waals surface area (Å²) in [4.78, 5) is 33.5. The Balaban J connectivity index is 0.000000298. The second-order valence-electron chi connectivity index (χ2n) is 11.3. The summed E-state index contributed by atoms with van der Waals surface area (Å²) in [5.74, 6) is 3.11. The summed E-state index contributed by atoms with van der Waals surface area (Å²) in [6.07, 6.45) is 8.48. The molecule has 39 heavy (non-hydrogen) atoms. The maximum absolute atomic E-state index is 11.7. The molecule has 4 atom stereocenters. The van der Waals surface area contributed by atoms with Gasteiger partial charge in [0.2, 0.25) is 6.41 Å². The Morgan fingerprint density at radius 3 is 2.54 bits per heavy atom. The van der Waals surface area contributed by atoms with E-state index in [1.165, 1.54) is 35.6 Å². The van der Waals surface area contributed by atoms with Crippen LogP contribution in [0.5, 0.6) is 0 Å². The Labute approximate surface area is 235 Å². The molecule has 0 bridgehead atoms. The number of amides is 1. The van der Waals surface area contributed by atoms with Crippen LogP contribution in [0, 0.1) is 17.8 Å². The number of nitrogen functional groups attached to an aromatic ring is 2. The SMILES string of the molecule is CC(CC[C@@H](C=O)c1ccc2sc(C3CC4CN(C)CC4C3)nc2c1)CNC=O.CCc1cc(N)cnc1N. The van der Waals surface area contributed by atoms with Gasteiger partial charge in [0, 0.05) is 31.5 Å². The summed E-state index contributed by atoms with van der Waals surface area (Å²) in [5.41, 5.74) is 14.8. The van der Waals surface area contributed by atoms with E-state index < -0.39 is 0 Å². The maximum atomic E-state index is 11.7. The first-order valence-corrected chi connectivity index (χ1v) is 14.8. The summed E-state index contributed by atoms with van der Waals surface area (Å²) >= 11 is 1.83. The molecule has 2 fully saturated rings. The van der Waals surface area contributed by atoms with Crippen molar-refractivity contribution in [2.45, 2.75) is 57.8 Å². The number of nitrogens with one attached hydrogen (secondary N) is 1. The van der Waals surface area contributed by atoms with Crippen LogP contribution in [0.2, 0.25) is 0 Å². The fraction of sp³-hybridized carbons (Fsp3) is 0.533. The zero-order valence-electron chi connectivity index (χ0n) is 23.3. The van der Waals surface area contributed by atoms with Crippen molar-refractivity contribution >= 4 is 45.8 Å². The Kier molecular flexibility index (Phi) is 9.91. The number of hydrogen-bond donors (Lipinski definition) is 3. The molecule has 2 aromatic heterocycles. The first kappa shape index (κ1) is 29.0. The lowest BCUT2D eigenvalue weighted by atomic mass is 9.92. The first-order valence-electron chi connectivity index (χ1n) is 14.0. The van der Waals surface area contributed by atoms with Crippen molar-refractivity contribution in [3.8, 4) is 0 Å². The second kappa shape index (κ2) is 13.3. The first-order chi connectivity index (χ1) is 18.8. The van der Waals surface area contributed by atoms with Crippen molar-refractivity contribution in [2.75, 3.05) is 38.1 Å². The zero-order chi connectivity index (χ0) is 27.9. The number of aldehydes is 1. The Bertz CT molecular complexity index is 1250. The molecule has 1 saturated carbocycles. The van der Waals surface area contributed by atoms with E-state index in [9.17, 15) is 9.59 Å². The lowest BCUT2D eigenvalue weighted by Crippen LogP contribution is -2.19. The molecule has 1 aromatic carbocycles. The van der Waals surface area contributed by atoms with Gasteiger partial charge in [-0.25, -0.2) is 9.97 Å². The maximum Gasteiger partial charge on any atom is 0.207 e. The van der Waals surface area contributed by atoms with Crippen LogP contribution in [0.3, 0.4) is 0 Å². The number of nitrogens with zero attached hydrogens (tertiary/aromatic N) is 3. The van der Waals surface area contributed by atoms with E-state index in [0.717, 1.165) is 60.4 Å². The van der Waals surface area contributed by atoms with E-state index in [4.69, 9.17) is 16.5 Å². The summed E-state index contributed by atoms with van der Waals surface area (Å²) in [6.45, 7) is 7.24. The van der Waals surface area contributed by atoms with E-state index >= 15 is 0 Å². The molecular weight excluding hydrogens is 508 g/mol. The topological polar surface area (TPSA) is 127 Å². The van der Waals surface area contributed by atoms with Crippen molar-refractivity contribution < 1.29 is 9.59 Å². The third kappa shape index (κ3) is 7.33. The largest absolute Gasteiger partial charge is 0.397 e. The van der Waals surface area contributed by atoms with Gasteiger partial charge >= 0.3 is 0 Å². The minimum Gasteiger partial charge on any atom is -0.397 e. The molecule has 1 aliphatic heterocycles. The molecule has 0 radical (unpaired) electrons.